The van der Waals surface area contributed by atoms with Gasteiger partial charge in [-0.3, -0.25) is 4.79 Å². The number of nitrogens with one attached hydrogen (secondary N) is 1. The van der Waals surface area contributed by atoms with Gasteiger partial charge in [-0.1, -0.05) is 30.3 Å². The van der Waals surface area contributed by atoms with Crippen LogP contribution in [0.2, 0.25) is 0 Å². The number of amides is 1. The molecular formula is C17H18N2O4S. The molecule has 7 heteroatoms. The highest BCUT2D eigenvalue weighted by Gasteiger charge is 2.39. The van der Waals surface area contributed by atoms with Gasteiger partial charge in [-0.05, 0) is 29.8 Å². The molecule has 0 aromatic heterocycles. The van der Waals surface area contributed by atoms with E-state index in [0.717, 1.165) is 0 Å². The van der Waals surface area contributed by atoms with E-state index < -0.39 is 16.1 Å². The van der Waals surface area contributed by atoms with Crippen LogP contribution in [-0.4, -0.2) is 38.8 Å². The molecule has 2 aromatic rings. The summed E-state index contributed by atoms with van der Waals surface area (Å²) in [5.74, 6) is 0.259. The Morgan fingerprint density at radius 3 is 2.38 bits per heavy atom. The van der Waals surface area contributed by atoms with Crippen LogP contribution in [0.1, 0.15) is 11.6 Å². The van der Waals surface area contributed by atoms with Crippen LogP contribution in [0.15, 0.2) is 59.5 Å². The average Bonchev–Trinajstić information content (AvgIpc) is 2.62. The number of sulfonamides is 1. The van der Waals surface area contributed by atoms with Crippen molar-refractivity contribution in [2.75, 3.05) is 20.2 Å². The lowest BCUT2D eigenvalue weighted by atomic mass is 10.1. The monoisotopic (exact) mass is 346 g/mol. The molecule has 0 spiro atoms. The third-order valence-corrected chi connectivity index (χ3v) is 5.83. The first kappa shape index (κ1) is 16.5. The summed E-state index contributed by atoms with van der Waals surface area (Å²) in [4.78, 5) is 12.5. The van der Waals surface area contributed by atoms with Crippen molar-refractivity contribution in [1.29, 1.82) is 0 Å². The molecule has 0 aliphatic carbocycles. The Labute approximate surface area is 141 Å². The van der Waals surface area contributed by atoms with Crippen molar-refractivity contribution in [3.8, 4) is 5.75 Å². The second-order valence-corrected chi connectivity index (χ2v) is 7.29. The highest BCUT2D eigenvalue weighted by atomic mass is 32.2. The van der Waals surface area contributed by atoms with Crippen molar-refractivity contribution in [2.45, 2.75) is 10.9 Å². The second kappa shape index (κ2) is 6.62. The van der Waals surface area contributed by atoms with Crippen LogP contribution < -0.4 is 10.1 Å². The van der Waals surface area contributed by atoms with Gasteiger partial charge in [0.15, 0.2) is 0 Å². The molecule has 1 aliphatic rings. The quantitative estimate of drug-likeness (QED) is 0.911. The van der Waals surface area contributed by atoms with Crippen molar-refractivity contribution in [3.63, 3.8) is 0 Å². The van der Waals surface area contributed by atoms with E-state index in [0.29, 0.717) is 11.3 Å². The van der Waals surface area contributed by atoms with Crippen LogP contribution in [-0.2, 0) is 14.8 Å². The number of ether oxygens (including phenoxy) is 1. The third kappa shape index (κ3) is 3.00. The standard InChI is InChI=1S/C17H18N2O4S/c1-23-14-7-9-15(10-8-14)24(21,22)19-12-11-18-17(20)16(19)13-5-3-2-4-6-13/h2-10,16H,11-12H2,1H3,(H,18,20). The number of carbonyl (C=O) groups is 1. The molecule has 0 saturated carbocycles. The first-order valence-corrected chi connectivity index (χ1v) is 8.96. The first-order chi connectivity index (χ1) is 11.5. The van der Waals surface area contributed by atoms with E-state index in [2.05, 4.69) is 5.32 Å². The summed E-state index contributed by atoms with van der Waals surface area (Å²) in [5.41, 5.74) is 0.645. The van der Waals surface area contributed by atoms with E-state index in [4.69, 9.17) is 4.74 Å². The van der Waals surface area contributed by atoms with Crippen LogP contribution in [0, 0.1) is 0 Å². The molecule has 6 nitrogen and oxygen atoms in total. The number of rotatable bonds is 4. The molecule has 3 rings (SSSR count). The molecule has 2 aromatic carbocycles. The van der Waals surface area contributed by atoms with Crippen LogP contribution in [0.4, 0.5) is 0 Å². The van der Waals surface area contributed by atoms with Gasteiger partial charge in [0.05, 0.1) is 12.0 Å². The number of carbonyl (C=O) groups excluding carboxylic acids is 1. The summed E-state index contributed by atoms with van der Waals surface area (Å²) in [6.45, 7) is 0.511. The van der Waals surface area contributed by atoms with Gasteiger partial charge < -0.3 is 10.1 Å². The molecule has 1 unspecified atom stereocenters. The molecule has 24 heavy (non-hydrogen) atoms. The zero-order chi connectivity index (χ0) is 17.2. The van der Waals surface area contributed by atoms with Gasteiger partial charge in [-0.25, -0.2) is 8.42 Å². The molecule has 1 N–H and O–H groups in total. The van der Waals surface area contributed by atoms with Gasteiger partial charge in [0.1, 0.15) is 11.8 Å². The van der Waals surface area contributed by atoms with Crippen molar-refractivity contribution < 1.29 is 17.9 Å². The Morgan fingerprint density at radius 2 is 1.75 bits per heavy atom. The average molecular weight is 346 g/mol. The molecule has 1 aliphatic heterocycles. The summed E-state index contributed by atoms with van der Waals surface area (Å²) >= 11 is 0. The minimum absolute atomic E-state index is 0.138. The van der Waals surface area contributed by atoms with E-state index in [1.54, 1.807) is 36.4 Å². The second-order valence-electron chi connectivity index (χ2n) is 5.40. The maximum atomic E-state index is 13.0. The predicted octanol–water partition coefficient (Wildman–Crippen LogP) is 1.56. The molecule has 1 saturated heterocycles. The smallest absolute Gasteiger partial charge is 0.244 e. The zero-order valence-electron chi connectivity index (χ0n) is 13.2. The Balaban J connectivity index is 2.01. The number of hydrogen-bond donors (Lipinski definition) is 1. The normalized spacial score (nSPS) is 18.9. The Kier molecular flexibility index (Phi) is 4.55. The van der Waals surface area contributed by atoms with Crippen molar-refractivity contribution in [1.82, 2.24) is 9.62 Å². The molecule has 1 atom stereocenters. The van der Waals surface area contributed by atoms with Gasteiger partial charge in [-0.2, -0.15) is 4.31 Å². The first-order valence-electron chi connectivity index (χ1n) is 7.52. The van der Waals surface area contributed by atoms with E-state index in [-0.39, 0.29) is 23.9 Å². The molecule has 1 amide bonds. The van der Waals surface area contributed by atoms with Gasteiger partial charge in [0, 0.05) is 13.1 Å². The summed E-state index contributed by atoms with van der Waals surface area (Å²) in [7, 11) is -2.28. The molecule has 126 valence electrons. The van der Waals surface area contributed by atoms with Gasteiger partial charge >= 0.3 is 0 Å². The van der Waals surface area contributed by atoms with E-state index >= 15 is 0 Å². The SMILES string of the molecule is COc1ccc(S(=O)(=O)N2CCNC(=O)C2c2ccccc2)cc1. The van der Waals surface area contributed by atoms with Gasteiger partial charge in [-0.15, -0.1) is 0 Å². The number of benzene rings is 2. The molecule has 1 fully saturated rings. The maximum absolute atomic E-state index is 13.0. The van der Waals surface area contributed by atoms with Crippen LogP contribution >= 0.6 is 0 Å². The topological polar surface area (TPSA) is 75.7 Å². The summed E-state index contributed by atoms with van der Waals surface area (Å²) < 4.78 is 32.4. The van der Waals surface area contributed by atoms with Crippen molar-refractivity contribution >= 4 is 15.9 Å². The fourth-order valence-corrected chi connectivity index (χ4v) is 4.32. The molecule has 0 bridgehead atoms. The lowest BCUT2D eigenvalue weighted by Gasteiger charge is -2.34. The van der Waals surface area contributed by atoms with E-state index in [1.807, 2.05) is 6.07 Å². The fraction of sp³-hybridized carbons (Fsp3) is 0.235. The number of hydrogen-bond acceptors (Lipinski definition) is 4. The summed E-state index contributed by atoms with van der Waals surface area (Å²) in [6.07, 6.45) is 0. The molecule has 0 radical (unpaired) electrons. The molecule has 1 heterocycles. The van der Waals surface area contributed by atoms with E-state index in [9.17, 15) is 13.2 Å². The van der Waals surface area contributed by atoms with Crippen molar-refractivity contribution in [3.05, 3.63) is 60.2 Å². The lowest BCUT2D eigenvalue weighted by molar-refractivity contribution is -0.126. The zero-order valence-corrected chi connectivity index (χ0v) is 14.0. The Bertz CT molecular complexity index is 819. The minimum atomic E-state index is -3.80. The largest absolute Gasteiger partial charge is 0.497 e. The van der Waals surface area contributed by atoms with Gasteiger partial charge in [0.25, 0.3) is 0 Å². The number of piperazine rings is 1. The highest BCUT2D eigenvalue weighted by molar-refractivity contribution is 7.89. The number of methoxy groups -OCH3 is 1. The predicted molar refractivity (Wildman–Crippen MR) is 89.1 cm³/mol. The third-order valence-electron chi connectivity index (χ3n) is 3.95. The van der Waals surface area contributed by atoms with Crippen LogP contribution in [0.3, 0.4) is 0 Å². The van der Waals surface area contributed by atoms with Crippen molar-refractivity contribution in [2.24, 2.45) is 0 Å². The number of nitrogens with zero attached hydrogens (tertiary/aromatic N) is 1. The fourth-order valence-electron chi connectivity index (χ4n) is 2.74. The summed E-state index contributed by atoms with van der Waals surface area (Å²) in [6, 6.07) is 14.2. The lowest BCUT2D eigenvalue weighted by Crippen LogP contribution is -2.52. The van der Waals surface area contributed by atoms with Gasteiger partial charge in [0.2, 0.25) is 15.9 Å². The minimum Gasteiger partial charge on any atom is -0.497 e. The summed E-state index contributed by atoms with van der Waals surface area (Å²) in [5, 5.41) is 2.74. The van der Waals surface area contributed by atoms with Crippen LogP contribution in [0.5, 0.6) is 5.75 Å². The maximum Gasteiger partial charge on any atom is 0.244 e. The Hall–Kier alpha value is -2.38. The van der Waals surface area contributed by atoms with E-state index in [1.165, 1.54) is 23.5 Å². The Morgan fingerprint density at radius 1 is 1.08 bits per heavy atom. The van der Waals surface area contributed by atoms with Crippen LogP contribution in [0.25, 0.3) is 0 Å². The molecular weight excluding hydrogens is 328 g/mol. The highest BCUT2D eigenvalue weighted by Crippen LogP contribution is 2.30.